The second kappa shape index (κ2) is 9.04. The molecule has 23 heavy (non-hydrogen) atoms. The zero-order chi connectivity index (χ0) is 17.4. The lowest BCUT2D eigenvalue weighted by Crippen LogP contribution is -2.26. The number of hydrogen-bond acceptors (Lipinski definition) is 6. The summed E-state index contributed by atoms with van der Waals surface area (Å²) in [5.74, 6) is -2.08. The first-order valence-electron chi connectivity index (χ1n) is 7.51. The van der Waals surface area contributed by atoms with Crippen LogP contribution in [0.3, 0.4) is 0 Å². The van der Waals surface area contributed by atoms with Gasteiger partial charge in [-0.15, -0.1) is 0 Å². The van der Waals surface area contributed by atoms with E-state index in [4.69, 9.17) is 24.3 Å². The molecule has 0 saturated carbocycles. The van der Waals surface area contributed by atoms with Crippen molar-refractivity contribution in [3.63, 3.8) is 0 Å². The van der Waals surface area contributed by atoms with Gasteiger partial charge in [0.15, 0.2) is 5.82 Å². The molecule has 0 radical (unpaired) electrons. The van der Waals surface area contributed by atoms with E-state index in [2.05, 4.69) is 35.9 Å². The Labute approximate surface area is 134 Å². The molecule has 0 spiro atoms. The summed E-state index contributed by atoms with van der Waals surface area (Å²) < 4.78 is 5.37. The van der Waals surface area contributed by atoms with Gasteiger partial charge in [0.2, 0.25) is 0 Å². The quantitative estimate of drug-likeness (QED) is 0.803. The van der Waals surface area contributed by atoms with Gasteiger partial charge in [0.1, 0.15) is 0 Å². The molecule has 8 nitrogen and oxygen atoms in total. The molecule has 2 N–H and O–H groups in total. The fourth-order valence-electron chi connectivity index (χ4n) is 2.06. The number of aliphatic carboxylic acids is 2. The Morgan fingerprint density at radius 2 is 1.96 bits per heavy atom. The summed E-state index contributed by atoms with van der Waals surface area (Å²) in [4.78, 5) is 25.0. The Morgan fingerprint density at radius 3 is 2.52 bits per heavy atom. The number of unbranched alkanes of at least 4 members (excludes halogenated alkanes) is 1. The number of likely N-dealkylation sites (N-methyl/N-ethyl adjacent to an activating group) is 1. The highest BCUT2D eigenvalue weighted by Gasteiger charge is 2.19. The Balaban J connectivity index is 0.000000379. The number of aromatic nitrogens is 2. The highest BCUT2D eigenvalue weighted by molar-refractivity contribution is 6.27. The second-order valence-corrected chi connectivity index (χ2v) is 5.48. The largest absolute Gasteiger partial charge is 0.473 e. The van der Waals surface area contributed by atoms with Crippen LogP contribution >= 0.6 is 0 Å². The van der Waals surface area contributed by atoms with Crippen molar-refractivity contribution in [2.75, 3.05) is 20.1 Å². The SMILES string of the molecule is CCCCc1noc(C2=C(C)CCN(C)C2)n1.O=C(O)C(=O)O. The molecule has 2 rings (SSSR count). The first-order chi connectivity index (χ1) is 10.8. The van der Waals surface area contributed by atoms with Gasteiger partial charge in [0.05, 0.1) is 0 Å². The van der Waals surface area contributed by atoms with Gasteiger partial charge in [-0.2, -0.15) is 4.98 Å². The van der Waals surface area contributed by atoms with Gasteiger partial charge < -0.3 is 19.6 Å². The monoisotopic (exact) mass is 325 g/mol. The van der Waals surface area contributed by atoms with Gasteiger partial charge >= 0.3 is 11.9 Å². The molecule has 1 aromatic rings. The molecule has 0 unspecified atom stereocenters. The van der Waals surface area contributed by atoms with Crippen molar-refractivity contribution in [2.45, 2.75) is 39.5 Å². The Hall–Kier alpha value is -2.22. The van der Waals surface area contributed by atoms with Crippen molar-refractivity contribution < 1.29 is 24.3 Å². The minimum Gasteiger partial charge on any atom is -0.473 e. The fraction of sp³-hybridized carbons (Fsp3) is 0.600. The lowest BCUT2D eigenvalue weighted by Gasteiger charge is -2.24. The summed E-state index contributed by atoms with van der Waals surface area (Å²) in [5, 5.41) is 18.8. The fourth-order valence-corrected chi connectivity index (χ4v) is 2.06. The third kappa shape index (κ3) is 6.19. The predicted octanol–water partition coefficient (Wildman–Crippen LogP) is 1.68. The van der Waals surface area contributed by atoms with Crippen LogP contribution in [0.1, 0.15) is 44.8 Å². The molecule has 0 fully saturated rings. The van der Waals surface area contributed by atoms with E-state index in [1.807, 2.05) is 0 Å². The molecule has 0 aromatic carbocycles. The summed E-state index contributed by atoms with van der Waals surface area (Å²) in [6, 6.07) is 0. The average Bonchev–Trinajstić information content (AvgIpc) is 2.96. The van der Waals surface area contributed by atoms with E-state index >= 15 is 0 Å². The van der Waals surface area contributed by atoms with E-state index in [1.54, 1.807) is 0 Å². The molecule has 0 amide bonds. The molecule has 0 saturated heterocycles. The minimum absolute atomic E-state index is 0.722. The van der Waals surface area contributed by atoms with Crippen LogP contribution in [0.5, 0.6) is 0 Å². The molecule has 0 bridgehead atoms. The smallest absolute Gasteiger partial charge is 0.414 e. The zero-order valence-electron chi connectivity index (χ0n) is 13.7. The van der Waals surface area contributed by atoms with Crippen LogP contribution in [0.2, 0.25) is 0 Å². The molecular weight excluding hydrogens is 302 g/mol. The number of rotatable bonds is 4. The summed E-state index contributed by atoms with van der Waals surface area (Å²) in [6.07, 6.45) is 4.30. The van der Waals surface area contributed by atoms with E-state index in [0.29, 0.717) is 0 Å². The van der Waals surface area contributed by atoms with Crippen LogP contribution in [0.4, 0.5) is 0 Å². The number of carboxylic acids is 2. The van der Waals surface area contributed by atoms with Gasteiger partial charge in [-0.25, -0.2) is 9.59 Å². The summed E-state index contributed by atoms with van der Waals surface area (Å²) >= 11 is 0. The Bertz CT molecular complexity index is 567. The summed E-state index contributed by atoms with van der Waals surface area (Å²) in [6.45, 7) is 6.37. The molecule has 2 heterocycles. The Morgan fingerprint density at radius 1 is 1.30 bits per heavy atom. The zero-order valence-corrected chi connectivity index (χ0v) is 13.7. The van der Waals surface area contributed by atoms with Gasteiger partial charge in [-0.3, -0.25) is 0 Å². The number of hydrogen-bond donors (Lipinski definition) is 2. The molecule has 0 atom stereocenters. The summed E-state index contributed by atoms with van der Waals surface area (Å²) in [5.41, 5.74) is 2.60. The number of nitrogens with zero attached hydrogens (tertiary/aromatic N) is 3. The molecule has 8 heteroatoms. The third-order valence-corrected chi connectivity index (χ3v) is 3.47. The number of aryl methyl sites for hydroxylation is 1. The lowest BCUT2D eigenvalue weighted by molar-refractivity contribution is -0.159. The predicted molar refractivity (Wildman–Crippen MR) is 82.9 cm³/mol. The lowest BCUT2D eigenvalue weighted by atomic mass is 10.0. The van der Waals surface area contributed by atoms with Gasteiger partial charge in [-0.1, -0.05) is 24.1 Å². The van der Waals surface area contributed by atoms with Gasteiger partial charge in [0.25, 0.3) is 5.89 Å². The highest BCUT2D eigenvalue weighted by Crippen LogP contribution is 2.24. The van der Waals surface area contributed by atoms with Crippen LogP contribution in [-0.2, 0) is 16.0 Å². The normalized spacial score (nSPS) is 15.1. The standard InChI is InChI=1S/C13H21N3O.C2H2O4/c1-4-5-6-12-14-13(17-15-12)11-9-16(3)8-7-10(11)2;3-1(4)2(5)6/h4-9H2,1-3H3;(H,3,4)(H,5,6). The van der Waals surface area contributed by atoms with Crippen molar-refractivity contribution >= 4 is 17.5 Å². The van der Waals surface area contributed by atoms with E-state index < -0.39 is 11.9 Å². The maximum Gasteiger partial charge on any atom is 0.414 e. The van der Waals surface area contributed by atoms with Crippen LogP contribution in [0, 0.1) is 0 Å². The van der Waals surface area contributed by atoms with E-state index in [9.17, 15) is 0 Å². The topological polar surface area (TPSA) is 117 Å². The van der Waals surface area contributed by atoms with Crippen molar-refractivity contribution in [1.82, 2.24) is 15.0 Å². The van der Waals surface area contributed by atoms with Crippen LogP contribution < -0.4 is 0 Å². The van der Waals surface area contributed by atoms with Crippen LogP contribution in [-0.4, -0.2) is 57.3 Å². The first kappa shape index (κ1) is 18.8. The van der Waals surface area contributed by atoms with Crippen molar-refractivity contribution in [3.8, 4) is 0 Å². The minimum atomic E-state index is -1.82. The summed E-state index contributed by atoms with van der Waals surface area (Å²) in [7, 11) is 2.13. The molecule has 1 aliphatic rings. The first-order valence-corrected chi connectivity index (χ1v) is 7.51. The van der Waals surface area contributed by atoms with Gasteiger partial charge in [0, 0.05) is 25.1 Å². The second-order valence-electron chi connectivity index (χ2n) is 5.48. The molecule has 128 valence electrons. The average molecular weight is 325 g/mol. The molecule has 1 aromatic heterocycles. The third-order valence-electron chi connectivity index (χ3n) is 3.47. The van der Waals surface area contributed by atoms with Crippen molar-refractivity contribution in [3.05, 3.63) is 17.3 Å². The van der Waals surface area contributed by atoms with E-state index in [-0.39, 0.29) is 0 Å². The van der Waals surface area contributed by atoms with Crippen molar-refractivity contribution in [2.24, 2.45) is 0 Å². The highest BCUT2D eigenvalue weighted by atomic mass is 16.5. The molecule has 1 aliphatic heterocycles. The van der Waals surface area contributed by atoms with Crippen LogP contribution in [0.25, 0.3) is 5.57 Å². The van der Waals surface area contributed by atoms with Crippen LogP contribution in [0.15, 0.2) is 10.1 Å². The van der Waals surface area contributed by atoms with Gasteiger partial charge in [-0.05, 0) is 26.8 Å². The molecular formula is C15H23N3O5. The van der Waals surface area contributed by atoms with Crippen molar-refractivity contribution in [1.29, 1.82) is 0 Å². The van der Waals surface area contributed by atoms with E-state index in [1.165, 1.54) is 11.1 Å². The maximum absolute atomic E-state index is 9.10. The number of carbonyl (C=O) groups is 2. The maximum atomic E-state index is 9.10. The van der Waals surface area contributed by atoms with E-state index in [0.717, 1.165) is 50.5 Å². The number of carboxylic acid groups (broad SMARTS) is 2. The Kier molecular flexibility index (Phi) is 7.40. The molecule has 0 aliphatic carbocycles.